The molecule has 3 aliphatic carbocycles. The summed E-state index contributed by atoms with van der Waals surface area (Å²) < 4.78 is 0. The smallest absolute Gasteiger partial charge is 0.240 e. The van der Waals surface area contributed by atoms with E-state index in [4.69, 9.17) is 0 Å². The molecule has 3 rings (SSSR count). The summed E-state index contributed by atoms with van der Waals surface area (Å²) in [4.78, 5) is 25.3. The molecule has 3 unspecified atom stereocenters. The lowest BCUT2D eigenvalue weighted by molar-refractivity contribution is -0.133. The van der Waals surface area contributed by atoms with Crippen LogP contribution in [0.15, 0.2) is 0 Å². The average Bonchev–Trinajstić information content (AvgIpc) is 2.73. The lowest BCUT2D eigenvalue weighted by Gasteiger charge is -2.38. The molecule has 3 aliphatic rings. The van der Waals surface area contributed by atoms with Crippen molar-refractivity contribution in [2.45, 2.75) is 71.8 Å². The van der Waals surface area contributed by atoms with Gasteiger partial charge in [0.1, 0.15) is 10.8 Å². The molecular weight excluding hydrogens is 340 g/mol. The summed E-state index contributed by atoms with van der Waals surface area (Å²) in [7, 11) is 0. The van der Waals surface area contributed by atoms with Gasteiger partial charge < -0.3 is 10.6 Å². The van der Waals surface area contributed by atoms with Gasteiger partial charge >= 0.3 is 0 Å². The maximum atomic E-state index is 12.8. The van der Waals surface area contributed by atoms with Gasteiger partial charge in [0, 0.05) is 18.5 Å². The highest BCUT2D eigenvalue weighted by atomic mass is 16.2. The van der Waals surface area contributed by atoms with Crippen LogP contribution in [-0.2, 0) is 9.59 Å². The Kier molecular flexibility index (Phi) is 4.97. The van der Waals surface area contributed by atoms with Crippen molar-refractivity contribution in [3.05, 3.63) is 0 Å². The minimum Gasteiger partial charge on any atom is -0.354 e. The molecule has 27 heavy (non-hydrogen) atoms. The van der Waals surface area contributed by atoms with Crippen molar-refractivity contribution < 1.29 is 9.59 Å². The van der Waals surface area contributed by atoms with Crippen molar-refractivity contribution in [3.8, 4) is 12.1 Å². The highest BCUT2D eigenvalue weighted by Crippen LogP contribution is 2.47. The molecule has 0 saturated heterocycles. The topological polar surface area (TPSA) is 106 Å². The normalized spacial score (nSPS) is 32.1. The van der Waals surface area contributed by atoms with Crippen molar-refractivity contribution in [1.29, 1.82) is 10.5 Å². The third kappa shape index (κ3) is 3.20. The van der Waals surface area contributed by atoms with E-state index < -0.39 is 10.8 Å². The van der Waals surface area contributed by atoms with Crippen molar-refractivity contribution in [2.24, 2.45) is 28.1 Å². The summed E-state index contributed by atoms with van der Waals surface area (Å²) >= 11 is 0. The molecule has 0 bridgehead atoms. The van der Waals surface area contributed by atoms with E-state index in [1.165, 1.54) is 0 Å². The molecule has 6 heteroatoms. The Labute approximate surface area is 161 Å². The van der Waals surface area contributed by atoms with Gasteiger partial charge in [0.05, 0.1) is 12.1 Å². The lowest BCUT2D eigenvalue weighted by Crippen LogP contribution is -2.54. The van der Waals surface area contributed by atoms with E-state index in [0.29, 0.717) is 32.2 Å². The Bertz CT molecular complexity index is 707. The first-order valence-electron chi connectivity index (χ1n) is 10.1. The number of nitrogens with one attached hydrogen (secondary N) is 2. The van der Waals surface area contributed by atoms with Gasteiger partial charge in [-0.1, -0.05) is 20.8 Å². The fourth-order valence-electron chi connectivity index (χ4n) is 5.14. The molecule has 0 aromatic rings. The van der Waals surface area contributed by atoms with Gasteiger partial charge in [-0.3, -0.25) is 9.59 Å². The number of nitriles is 2. The van der Waals surface area contributed by atoms with E-state index in [9.17, 15) is 20.1 Å². The van der Waals surface area contributed by atoms with Gasteiger partial charge in [-0.2, -0.15) is 10.5 Å². The number of hydrogen-bond acceptors (Lipinski definition) is 4. The number of amides is 2. The second-order valence-corrected chi connectivity index (χ2v) is 9.58. The summed E-state index contributed by atoms with van der Waals surface area (Å²) in [5, 5.41) is 25.0. The summed E-state index contributed by atoms with van der Waals surface area (Å²) in [5.74, 6) is 0.0149. The monoisotopic (exact) mass is 370 g/mol. The maximum absolute atomic E-state index is 12.8. The van der Waals surface area contributed by atoms with E-state index in [1.807, 2.05) is 0 Å². The Morgan fingerprint density at radius 1 is 1.00 bits per heavy atom. The number of hydrogen-bond donors (Lipinski definition) is 2. The largest absolute Gasteiger partial charge is 0.354 e. The van der Waals surface area contributed by atoms with Crippen LogP contribution >= 0.6 is 0 Å². The zero-order chi connectivity index (χ0) is 19.9. The molecule has 0 aliphatic heterocycles. The second-order valence-electron chi connectivity index (χ2n) is 9.58. The summed E-state index contributed by atoms with van der Waals surface area (Å²) in [6.45, 7) is 6.90. The molecule has 2 amide bonds. The van der Waals surface area contributed by atoms with Crippen LogP contribution in [-0.4, -0.2) is 24.4 Å². The standard InChI is InChI=1S/C21H30N4O2/c1-14-10-19(2,3)15(11-24-17(26)20(12-22)6-4-7-20)16(14)25-18(27)21(13-23)8-5-9-21/h14-16H,4-11H2,1-3H3,(H,24,26)(H,25,27). The summed E-state index contributed by atoms with van der Waals surface area (Å²) in [5.41, 5.74) is -1.76. The number of rotatable bonds is 5. The summed E-state index contributed by atoms with van der Waals surface area (Å²) in [6, 6.07) is 4.33. The third-order valence-corrected chi connectivity index (χ3v) is 7.39. The van der Waals surface area contributed by atoms with Gasteiger partial charge in [0.2, 0.25) is 11.8 Å². The minimum atomic E-state index is -0.864. The van der Waals surface area contributed by atoms with Crippen LogP contribution in [0, 0.1) is 50.7 Å². The van der Waals surface area contributed by atoms with E-state index >= 15 is 0 Å². The zero-order valence-corrected chi connectivity index (χ0v) is 16.6. The van der Waals surface area contributed by atoms with Gasteiger partial charge in [0.25, 0.3) is 0 Å². The van der Waals surface area contributed by atoms with Crippen LogP contribution in [0.1, 0.15) is 65.7 Å². The average molecular weight is 370 g/mol. The highest BCUT2D eigenvalue weighted by Gasteiger charge is 2.51. The van der Waals surface area contributed by atoms with Crippen molar-refractivity contribution in [2.75, 3.05) is 6.54 Å². The molecule has 0 radical (unpaired) electrons. The van der Waals surface area contributed by atoms with Crippen LogP contribution < -0.4 is 10.6 Å². The van der Waals surface area contributed by atoms with Crippen LogP contribution in [0.2, 0.25) is 0 Å². The van der Waals surface area contributed by atoms with Crippen LogP contribution in [0.3, 0.4) is 0 Å². The predicted molar refractivity (Wildman–Crippen MR) is 99.8 cm³/mol. The molecule has 0 spiro atoms. The SMILES string of the molecule is CC1CC(C)(C)C(CNC(=O)C2(C#N)CCC2)C1NC(=O)C1(C#N)CCC1. The molecule has 146 valence electrons. The van der Waals surface area contributed by atoms with E-state index in [-0.39, 0.29) is 35.1 Å². The first kappa shape index (κ1) is 19.7. The molecule has 2 N–H and O–H groups in total. The Hall–Kier alpha value is -2.08. The van der Waals surface area contributed by atoms with Crippen LogP contribution in [0.4, 0.5) is 0 Å². The zero-order valence-electron chi connectivity index (χ0n) is 16.6. The number of carbonyl (C=O) groups excluding carboxylic acids is 2. The van der Waals surface area contributed by atoms with E-state index in [1.54, 1.807) is 0 Å². The second kappa shape index (κ2) is 6.82. The van der Waals surface area contributed by atoms with Crippen molar-refractivity contribution >= 4 is 11.8 Å². The Morgan fingerprint density at radius 2 is 1.52 bits per heavy atom. The first-order valence-corrected chi connectivity index (χ1v) is 10.1. The molecule has 0 aromatic carbocycles. The first-order chi connectivity index (χ1) is 12.7. The maximum Gasteiger partial charge on any atom is 0.240 e. The van der Waals surface area contributed by atoms with E-state index in [2.05, 4.69) is 43.5 Å². The van der Waals surface area contributed by atoms with Crippen LogP contribution in [0.25, 0.3) is 0 Å². The number of nitrogens with zero attached hydrogens (tertiary/aromatic N) is 2. The van der Waals surface area contributed by atoms with Gasteiger partial charge in [-0.25, -0.2) is 0 Å². The minimum absolute atomic E-state index is 0.0382. The lowest BCUT2D eigenvalue weighted by atomic mass is 9.68. The van der Waals surface area contributed by atoms with Gasteiger partial charge in [-0.15, -0.1) is 0 Å². The predicted octanol–water partition coefficient (Wildman–Crippen LogP) is 2.66. The van der Waals surface area contributed by atoms with E-state index in [0.717, 1.165) is 19.3 Å². The van der Waals surface area contributed by atoms with Gasteiger partial charge in [0.15, 0.2) is 0 Å². The van der Waals surface area contributed by atoms with Crippen molar-refractivity contribution in [1.82, 2.24) is 10.6 Å². The van der Waals surface area contributed by atoms with Crippen LogP contribution in [0.5, 0.6) is 0 Å². The summed E-state index contributed by atoms with van der Waals surface area (Å²) in [6.07, 6.45) is 5.30. The fourth-order valence-corrected chi connectivity index (χ4v) is 5.14. The van der Waals surface area contributed by atoms with Crippen molar-refractivity contribution in [3.63, 3.8) is 0 Å². The quantitative estimate of drug-likeness (QED) is 0.776. The molecule has 3 saturated carbocycles. The molecular formula is C21H30N4O2. The fraction of sp³-hybridized carbons (Fsp3) is 0.810. The molecule has 6 nitrogen and oxygen atoms in total. The Morgan fingerprint density at radius 3 is 1.96 bits per heavy atom. The highest BCUT2D eigenvalue weighted by molar-refractivity contribution is 5.87. The molecule has 3 atom stereocenters. The molecule has 0 heterocycles. The Balaban J connectivity index is 1.69. The van der Waals surface area contributed by atoms with Gasteiger partial charge in [-0.05, 0) is 56.3 Å². The molecule has 0 aromatic heterocycles. The number of carbonyl (C=O) groups is 2. The third-order valence-electron chi connectivity index (χ3n) is 7.39. The molecule has 3 fully saturated rings.